The zero-order valence-corrected chi connectivity index (χ0v) is 16.1. The molecule has 130 valence electrons. The molecule has 1 N–H and O–H groups in total. The summed E-state index contributed by atoms with van der Waals surface area (Å²) >= 11 is 13.6. The Morgan fingerprint density at radius 2 is 2.08 bits per heavy atom. The molecule has 0 aliphatic rings. The van der Waals surface area contributed by atoms with Crippen LogP contribution in [0, 0.1) is 0 Å². The number of carbonyl (C=O) groups excluding carboxylic acids is 1. The van der Waals surface area contributed by atoms with Gasteiger partial charge in [0.2, 0.25) is 0 Å². The number of amides is 1. The molecule has 24 heavy (non-hydrogen) atoms. The van der Waals surface area contributed by atoms with Crippen LogP contribution in [0.25, 0.3) is 0 Å². The van der Waals surface area contributed by atoms with Gasteiger partial charge in [-0.3, -0.25) is 4.79 Å². The minimum absolute atomic E-state index is 0.117. The topological polar surface area (TPSA) is 41.6 Å². The fourth-order valence-corrected chi connectivity index (χ4v) is 3.38. The lowest BCUT2D eigenvalue weighted by atomic mass is 10.1. The first-order chi connectivity index (χ1) is 11.4. The van der Waals surface area contributed by atoms with Crippen LogP contribution in [0.15, 0.2) is 35.0 Å². The molecule has 0 fully saturated rings. The van der Waals surface area contributed by atoms with Crippen LogP contribution in [0.3, 0.4) is 0 Å². The lowest BCUT2D eigenvalue weighted by molar-refractivity contribution is -0.127. The van der Waals surface area contributed by atoms with E-state index < -0.39 is 6.10 Å². The number of benzene rings is 1. The molecular formula is C17H20Cl2N2O2S. The van der Waals surface area contributed by atoms with Crippen LogP contribution in [0.1, 0.15) is 18.5 Å². The van der Waals surface area contributed by atoms with Crippen LogP contribution in [0.4, 0.5) is 0 Å². The van der Waals surface area contributed by atoms with Crippen LogP contribution in [-0.2, 0) is 4.79 Å². The largest absolute Gasteiger partial charge is 0.479 e. The van der Waals surface area contributed by atoms with Crippen LogP contribution < -0.4 is 10.1 Å². The van der Waals surface area contributed by atoms with Crippen LogP contribution in [-0.4, -0.2) is 37.6 Å². The average molecular weight is 387 g/mol. The highest BCUT2D eigenvalue weighted by atomic mass is 35.5. The Balaban J connectivity index is 1.93. The summed E-state index contributed by atoms with van der Waals surface area (Å²) in [7, 11) is 3.98. The molecule has 0 saturated heterocycles. The molecule has 2 atom stereocenters. The molecule has 0 bridgehead atoms. The zero-order chi connectivity index (χ0) is 17.7. The summed E-state index contributed by atoms with van der Waals surface area (Å²) in [6, 6.07) is 7.09. The Morgan fingerprint density at radius 1 is 1.33 bits per heavy atom. The van der Waals surface area contributed by atoms with Crippen molar-refractivity contribution in [1.29, 1.82) is 0 Å². The summed E-state index contributed by atoms with van der Waals surface area (Å²) < 4.78 is 5.63. The molecule has 1 heterocycles. The molecule has 0 spiro atoms. The highest BCUT2D eigenvalue weighted by Gasteiger charge is 2.20. The molecule has 0 aliphatic heterocycles. The highest BCUT2D eigenvalue weighted by Crippen LogP contribution is 2.28. The predicted octanol–water partition coefficient (Wildman–Crippen LogP) is 4.24. The first-order valence-electron chi connectivity index (χ1n) is 7.46. The summed E-state index contributed by atoms with van der Waals surface area (Å²) in [5, 5.41) is 7.95. The maximum absolute atomic E-state index is 12.3. The summed E-state index contributed by atoms with van der Waals surface area (Å²) in [5.41, 5.74) is 1.18. The lowest BCUT2D eigenvalue weighted by Gasteiger charge is -2.25. The second kappa shape index (κ2) is 8.72. The molecular weight excluding hydrogens is 367 g/mol. The van der Waals surface area contributed by atoms with E-state index in [0.717, 1.165) is 0 Å². The van der Waals surface area contributed by atoms with Crippen LogP contribution in [0.2, 0.25) is 10.0 Å². The monoisotopic (exact) mass is 386 g/mol. The molecule has 0 aliphatic carbocycles. The number of nitrogens with zero attached hydrogens (tertiary/aromatic N) is 1. The number of halogens is 2. The Bertz CT molecular complexity index is 677. The number of hydrogen-bond acceptors (Lipinski definition) is 4. The van der Waals surface area contributed by atoms with E-state index in [-0.39, 0.29) is 11.9 Å². The number of hydrogen-bond donors (Lipinski definition) is 1. The lowest BCUT2D eigenvalue weighted by Crippen LogP contribution is -2.40. The van der Waals surface area contributed by atoms with Gasteiger partial charge in [-0.2, -0.15) is 11.3 Å². The Hall–Kier alpha value is -1.27. The van der Waals surface area contributed by atoms with E-state index in [1.165, 1.54) is 5.56 Å². The van der Waals surface area contributed by atoms with Gasteiger partial charge in [-0.05, 0) is 61.6 Å². The molecule has 2 unspecified atom stereocenters. The van der Waals surface area contributed by atoms with Gasteiger partial charge in [-0.1, -0.05) is 23.2 Å². The summed E-state index contributed by atoms with van der Waals surface area (Å²) in [5.74, 6) is 0.244. The van der Waals surface area contributed by atoms with Crippen molar-refractivity contribution in [2.45, 2.75) is 19.1 Å². The van der Waals surface area contributed by atoms with Gasteiger partial charge < -0.3 is 15.0 Å². The fraction of sp³-hybridized carbons (Fsp3) is 0.353. The van der Waals surface area contributed by atoms with Gasteiger partial charge in [-0.15, -0.1) is 0 Å². The second-order valence-electron chi connectivity index (χ2n) is 5.62. The first-order valence-corrected chi connectivity index (χ1v) is 9.16. The standard InChI is InChI=1S/C17H20Cl2N2O2S/c1-11(23-16-5-4-13(18)8-14(16)19)17(22)20-9-15(21(2)3)12-6-7-24-10-12/h4-8,10-11,15H,9H2,1-3H3,(H,20,22). The van der Waals surface area contributed by atoms with Gasteiger partial charge in [-0.25, -0.2) is 0 Å². The summed E-state index contributed by atoms with van der Waals surface area (Å²) in [6.07, 6.45) is -0.658. The summed E-state index contributed by atoms with van der Waals surface area (Å²) in [4.78, 5) is 14.4. The molecule has 1 amide bonds. The van der Waals surface area contributed by atoms with Gasteiger partial charge in [0.1, 0.15) is 5.75 Å². The second-order valence-corrected chi connectivity index (χ2v) is 7.24. The third kappa shape index (κ3) is 5.11. The van der Waals surface area contributed by atoms with Crippen LogP contribution >= 0.6 is 34.5 Å². The molecule has 2 aromatic rings. The van der Waals surface area contributed by atoms with Gasteiger partial charge in [0.25, 0.3) is 5.91 Å². The van der Waals surface area contributed by atoms with Crippen molar-refractivity contribution in [3.63, 3.8) is 0 Å². The van der Waals surface area contributed by atoms with Crippen molar-refractivity contribution in [3.8, 4) is 5.75 Å². The quantitative estimate of drug-likeness (QED) is 0.773. The van der Waals surface area contributed by atoms with Crippen molar-refractivity contribution in [2.75, 3.05) is 20.6 Å². The maximum atomic E-state index is 12.3. The van der Waals surface area contributed by atoms with E-state index in [4.69, 9.17) is 27.9 Å². The number of thiophene rings is 1. The van der Waals surface area contributed by atoms with E-state index in [9.17, 15) is 4.79 Å². The van der Waals surface area contributed by atoms with Crippen molar-refractivity contribution in [3.05, 3.63) is 50.6 Å². The first kappa shape index (κ1) is 19.1. The molecule has 0 saturated carbocycles. The minimum Gasteiger partial charge on any atom is -0.479 e. The molecule has 2 rings (SSSR count). The third-order valence-corrected chi connectivity index (χ3v) is 4.82. The van der Waals surface area contributed by atoms with Crippen molar-refractivity contribution >= 4 is 40.4 Å². The minimum atomic E-state index is -0.658. The molecule has 1 aromatic heterocycles. The third-order valence-electron chi connectivity index (χ3n) is 3.59. The molecule has 1 aromatic carbocycles. The normalized spacial score (nSPS) is 13.6. The van der Waals surface area contributed by atoms with E-state index in [1.807, 2.05) is 19.5 Å². The number of carbonyl (C=O) groups is 1. The maximum Gasteiger partial charge on any atom is 0.260 e. The van der Waals surface area contributed by atoms with Gasteiger partial charge in [0.15, 0.2) is 6.10 Å². The van der Waals surface area contributed by atoms with Crippen molar-refractivity contribution in [1.82, 2.24) is 10.2 Å². The zero-order valence-electron chi connectivity index (χ0n) is 13.8. The van der Waals surface area contributed by atoms with Crippen LogP contribution in [0.5, 0.6) is 5.75 Å². The Labute approximate surface area is 156 Å². The highest BCUT2D eigenvalue weighted by molar-refractivity contribution is 7.07. The number of rotatable bonds is 7. The molecule has 4 nitrogen and oxygen atoms in total. The van der Waals surface area contributed by atoms with E-state index >= 15 is 0 Å². The smallest absolute Gasteiger partial charge is 0.260 e. The van der Waals surface area contributed by atoms with Gasteiger partial charge in [0, 0.05) is 11.6 Å². The fourth-order valence-electron chi connectivity index (χ4n) is 2.22. The Kier molecular flexibility index (Phi) is 6.92. The van der Waals surface area contributed by atoms with E-state index in [2.05, 4.69) is 21.7 Å². The van der Waals surface area contributed by atoms with Gasteiger partial charge in [0.05, 0.1) is 11.1 Å². The molecule has 0 radical (unpaired) electrons. The molecule has 7 heteroatoms. The summed E-state index contributed by atoms with van der Waals surface area (Å²) in [6.45, 7) is 2.19. The number of likely N-dealkylation sites (N-methyl/N-ethyl adjacent to an activating group) is 1. The SMILES string of the molecule is CC(Oc1ccc(Cl)cc1Cl)C(=O)NCC(c1ccsc1)N(C)C. The van der Waals surface area contributed by atoms with E-state index in [0.29, 0.717) is 22.3 Å². The van der Waals surface area contributed by atoms with Gasteiger partial charge >= 0.3 is 0 Å². The predicted molar refractivity (Wildman–Crippen MR) is 100 cm³/mol. The van der Waals surface area contributed by atoms with E-state index in [1.54, 1.807) is 36.5 Å². The van der Waals surface area contributed by atoms with Crippen molar-refractivity contribution < 1.29 is 9.53 Å². The van der Waals surface area contributed by atoms with Crippen molar-refractivity contribution in [2.24, 2.45) is 0 Å². The Morgan fingerprint density at radius 3 is 2.67 bits per heavy atom. The average Bonchev–Trinajstić information content (AvgIpc) is 3.03. The number of ether oxygens (including phenoxy) is 1. The number of nitrogens with one attached hydrogen (secondary N) is 1.